The molecule has 3 aromatic rings. The molecule has 0 bridgehead atoms. The summed E-state index contributed by atoms with van der Waals surface area (Å²) in [6.45, 7) is 4.57. The number of anilines is 1. The first-order valence-electron chi connectivity index (χ1n) is 9.45. The van der Waals surface area contributed by atoms with Gasteiger partial charge in [0.05, 0.1) is 11.1 Å². The molecule has 10 heteroatoms. The summed E-state index contributed by atoms with van der Waals surface area (Å²) >= 11 is 0. The molecule has 4 rings (SSSR count). The monoisotopic (exact) mass is 432 g/mol. The Morgan fingerprint density at radius 2 is 1.94 bits per heavy atom. The normalized spacial score (nSPS) is 18.0. The van der Waals surface area contributed by atoms with Crippen LogP contribution in [0.3, 0.4) is 0 Å². The number of halogens is 3. The smallest absolute Gasteiger partial charge is 0.341 e. The van der Waals surface area contributed by atoms with Crippen LogP contribution in [0.1, 0.15) is 24.2 Å². The van der Waals surface area contributed by atoms with Crippen LogP contribution in [0.2, 0.25) is 0 Å². The molecule has 162 valence electrons. The molecule has 1 saturated heterocycles. The molecule has 0 aliphatic carbocycles. The van der Waals surface area contributed by atoms with E-state index in [1.54, 1.807) is 4.90 Å². The van der Waals surface area contributed by atoms with Crippen molar-refractivity contribution in [2.24, 2.45) is 11.1 Å². The Balaban J connectivity index is 2.02. The van der Waals surface area contributed by atoms with Crippen molar-refractivity contribution in [3.63, 3.8) is 0 Å². The molecule has 1 aliphatic rings. The lowest BCUT2D eigenvalue weighted by molar-refractivity contribution is 0.0695. The van der Waals surface area contributed by atoms with Gasteiger partial charge in [0.2, 0.25) is 5.43 Å². The number of aromatic carboxylic acids is 1. The molecule has 3 N–H and O–H groups in total. The highest BCUT2D eigenvalue weighted by molar-refractivity contribution is 5.92. The van der Waals surface area contributed by atoms with Crippen LogP contribution in [-0.4, -0.2) is 39.8 Å². The Kier molecular flexibility index (Phi) is 4.77. The third-order valence-corrected chi connectivity index (χ3v) is 5.63. The molecule has 1 fully saturated rings. The number of rotatable bonds is 3. The summed E-state index contributed by atoms with van der Waals surface area (Å²) in [5.41, 5.74) is 3.76. The fourth-order valence-corrected chi connectivity index (χ4v) is 3.77. The quantitative estimate of drug-likeness (QED) is 0.660. The van der Waals surface area contributed by atoms with Crippen molar-refractivity contribution in [1.29, 1.82) is 0 Å². The van der Waals surface area contributed by atoms with Crippen molar-refractivity contribution in [1.82, 2.24) is 9.55 Å². The van der Waals surface area contributed by atoms with E-state index < -0.39 is 34.4 Å². The molecule has 1 aromatic carbocycles. The van der Waals surface area contributed by atoms with Crippen LogP contribution in [-0.2, 0) is 0 Å². The highest BCUT2D eigenvalue weighted by Crippen LogP contribution is 2.33. The molecule has 0 amide bonds. The van der Waals surface area contributed by atoms with E-state index in [1.165, 1.54) is 0 Å². The minimum absolute atomic E-state index is 0.0905. The van der Waals surface area contributed by atoms with Crippen molar-refractivity contribution in [2.45, 2.75) is 19.9 Å². The largest absolute Gasteiger partial charge is 0.477 e. The summed E-state index contributed by atoms with van der Waals surface area (Å²) in [4.78, 5) is 30.1. The number of carboxylic acid groups (broad SMARTS) is 1. The predicted octanol–water partition coefficient (Wildman–Crippen LogP) is 2.67. The van der Waals surface area contributed by atoms with Gasteiger partial charge in [-0.2, -0.15) is 0 Å². The maximum absolute atomic E-state index is 15.0. The second-order valence-corrected chi connectivity index (χ2v) is 8.28. The number of nitrogens with zero attached hydrogens (tertiary/aromatic N) is 3. The van der Waals surface area contributed by atoms with Gasteiger partial charge in [-0.25, -0.2) is 22.9 Å². The molecule has 2 aromatic heterocycles. The number of benzene rings is 1. The predicted molar refractivity (Wildman–Crippen MR) is 108 cm³/mol. The number of aromatic nitrogens is 2. The van der Waals surface area contributed by atoms with E-state index in [2.05, 4.69) is 4.98 Å². The minimum Gasteiger partial charge on any atom is -0.477 e. The fourth-order valence-electron chi connectivity index (χ4n) is 3.77. The van der Waals surface area contributed by atoms with Crippen molar-refractivity contribution < 1.29 is 23.1 Å². The molecule has 0 unspecified atom stereocenters. The van der Waals surface area contributed by atoms with Crippen molar-refractivity contribution in [2.75, 3.05) is 18.0 Å². The van der Waals surface area contributed by atoms with Gasteiger partial charge in [-0.3, -0.25) is 9.36 Å². The van der Waals surface area contributed by atoms with E-state index in [0.29, 0.717) is 19.2 Å². The molecule has 1 atom stereocenters. The molecule has 3 heterocycles. The van der Waals surface area contributed by atoms with Crippen LogP contribution >= 0.6 is 0 Å². The maximum atomic E-state index is 15.0. The molecule has 0 saturated carbocycles. The number of carboxylic acids is 1. The van der Waals surface area contributed by atoms with Crippen LogP contribution in [0.4, 0.5) is 19.0 Å². The van der Waals surface area contributed by atoms with E-state index in [1.807, 2.05) is 13.8 Å². The van der Waals surface area contributed by atoms with Gasteiger partial charge in [0.25, 0.3) is 0 Å². The van der Waals surface area contributed by atoms with Gasteiger partial charge in [0.15, 0.2) is 17.3 Å². The Bertz CT molecular complexity index is 1290. The molecular formula is C21H19F3N4O3. The Morgan fingerprint density at radius 3 is 2.52 bits per heavy atom. The van der Waals surface area contributed by atoms with Gasteiger partial charge in [0, 0.05) is 31.4 Å². The number of hydrogen-bond donors (Lipinski definition) is 2. The van der Waals surface area contributed by atoms with E-state index in [-0.39, 0.29) is 34.0 Å². The lowest BCUT2D eigenvalue weighted by Crippen LogP contribution is -2.35. The van der Waals surface area contributed by atoms with Crippen LogP contribution in [0, 0.1) is 22.9 Å². The van der Waals surface area contributed by atoms with Crippen molar-refractivity contribution in [3.05, 3.63) is 63.7 Å². The number of fused-ring (bicyclic) bond motifs is 1. The Hall–Kier alpha value is -3.40. The average Bonchev–Trinajstić information content (AvgIpc) is 2.95. The molecule has 0 radical (unpaired) electrons. The van der Waals surface area contributed by atoms with E-state index >= 15 is 0 Å². The Morgan fingerprint density at radius 1 is 1.23 bits per heavy atom. The maximum Gasteiger partial charge on any atom is 0.341 e. The highest BCUT2D eigenvalue weighted by atomic mass is 19.1. The first-order valence-corrected chi connectivity index (χ1v) is 9.45. The number of pyridine rings is 2. The SMILES string of the molecule is CC1(C)CN(c2nc3c(cc2F)c(=O)c(C(=O)O)cn3-c2ccc(F)cc2F)C[C@@H]1N. The number of hydrogen-bond acceptors (Lipinski definition) is 5. The second kappa shape index (κ2) is 7.09. The van der Waals surface area contributed by atoms with Gasteiger partial charge in [0.1, 0.15) is 17.2 Å². The fraction of sp³-hybridized carbons (Fsp3) is 0.286. The zero-order valence-corrected chi connectivity index (χ0v) is 16.7. The molecule has 7 nitrogen and oxygen atoms in total. The molecule has 31 heavy (non-hydrogen) atoms. The van der Waals surface area contributed by atoms with Gasteiger partial charge in [-0.05, 0) is 23.6 Å². The molecule has 0 spiro atoms. The van der Waals surface area contributed by atoms with Gasteiger partial charge >= 0.3 is 5.97 Å². The van der Waals surface area contributed by atoms with Crippen LogP contribution < -0.4 is 16.1 Å². The van der Waals surface area contributed by atoms with E-state index in [9.17, 15) is 27.9 Å². The van der Waals surface area contributed by atoms with E-state index in [4.69, 9.17) is 5.73 Å². The molecular weight excluding hydrogens is 413 g/mol. The number of nitrogens with two attached hydrogens (primary N) is 1. The second-order valence-electron chi connectivity index (χ2n) is 8.28. The summed E-state index contributed by atoms with van der Waals surface area (Å²) in [5.74, 6) is -4.33. The topological polar surface area (TPSA) is 101 Å². The average molecular weight is 432 g/mol. The number of carbonyl (C=O) groups is 1. The highest BCUT2D eigenvalue weighted by Gasteiger charge is 2.38. The minimum atomic E-state index is -1.57. The lowest BCUT2D eigenvalue weighted by Gasteiger charge is -2.22. The summed E-state index contributed by atoms with van der Waals surface area (Å²) in [6.07, 6.45) is 0.900. The zero-order chi connectivity index (χ0) is 22.7. The zero-order valence-electron chi connectivity index (χ0n) is 16.7. The van der Waals surface area contributed by atoms with Gasteiger partial charge in [-0.15, -0.1) is 0 Å². The van der Waals surface area contributed by atoms with Crippen LogP contribution in [0.25, 0.3) is 16.7 Å². The van der Waals surface area contributed by atoms with Gasteiger partial charge < -0.3 is 15.7 Å². The summed E-state index contributed by atoms with van der Waals surface area (Å²) in [7, 11) is 0. The van der Waals surface area contributed by atoms with Crippen LogP contribution in [0.5, 0.6) is 0 Å². The summed E-state index contributed by atoms with van der Waals surface area (Å²) in [6, 6.07) is 3.32. The summed E-state index contributed by atoms with van der Waals surface area (Å²) < 4.78 is 43.9. The lowest BCUT2D eigenvalue weighted by atomic mass is 9.89. The third kappa shape index (κ3) is 3.42. The van der Waals surface area contributed by atoms with Crippen molar-refractivity contribution >= 4 is 22.8 Å². The van der Waals surface area contributed by atoms with Gasteiger partial charge in [-0.1, -0.05) is 13.8 Å². The first kappa shape index (κ1) is 20.9. The summed E-state index contributed by atoms with van der Waals surface area (Å²) in [5, 5.41) is 9.05. The van der Waals surface area contributed by atoms with E-state index in [0.717, 1.165) is 29.0 Å². The Labute approximate surface area is 174 Å². The van der Waals surface area contributed by atoms with Crippen molar-refractivity contribution in [3.8, 4) is 5.69 Å². The van der Waals surface area contributed by atoms with Crippen LogP contribution in [0.15, 0.2) is 35.3 Å². The molecule has 1 aliphatic heterocycles. The third-order valence-electron chi connectivity index (χ3n) is 5.63. The standard InChI is InChI=1S/C21H19F3N4O3/c1-21(2)9-27(8-16(21)25)19-14(24)6-11-17(29)12(20(30)31)7-28(18(11)26-19)15-4-3-10(22)5-13(15)23/h3-7,16H,8-9,25H2,1-2H3,(H,30,31)/t16-/m0/s1. The first-order chi connectivity index (χ1) is 14.5.